The zero-order valence-electron chi connectivity index (χ0n) is 11.8. The molecule has 1 fully saturated rings. The van der Waals surface area contributed by atoms with Crippen LogP contribution in [0.4, 0.5) is 0 Å². The molecule has 0 aromatic carbocycles. The summed E-state index contributed by atoms with van der Waals surface area (Å²) >= 11 is 0. The Morgan fingerprint density at radius 2 is 1.67 bits per heavy atom. The Morgan fingerprint density at radius 1 is 1.05 bits per heavy atom. The van der Waals surface area contributed by atoms with E-state index in [-0.39, 0.29) is 19.3 Å². The van der Waals surface area contributed by atoms with Crippen molar-refractivity contribution in [1.82, 2.24) is 0 Å². The first kappa shape index (κ1) is 17.0. The third-order valence-corrected chi connectivity index (χ3v) is 2.86. The van der Waals surface area contributed by atoms with E-state index in [1.54, 1.807) is 6.08 Å². The van der Waals surface area contributed by atoms with E-state index in [9.17, 15) is 24.3 Å². The topological polar surface area (TPSA) is 107 Å². The van der Waals surface area contributed by atoms with Gasteiger partial charge in [0.05, 0.1) is 19.3 Å². The van der Waals surface area contributed by atoms with Crippen molar-refractivity contribution >= 4 is 23.9 Å². The molecule has 1 unspecified atom stereocenters. The highest BCUT2D eigenvalue weighted by Crippen LogP contribution is 2.21. The molecule has 1 aliphatic heterocycles. The minimum absolute atomic E-state index is 0.206. The van der Waals surface area contributed by atoms with Crippen LogP contribution < -0.4 is 0 Å². The van der Waals surface area contributed by atoms with Crippen LogP contribution in [0.25, 0.3) is 0 Å². The highest BCUT2D eigenvalue weighted by molar-refractivity contribution is 5.97. The van der Waals surface area contributed by atoms with E-state index in [1.165, 1.54) is 6.08 Å². The zero-order chi connectivity index (χ0) is 15.9. The number of rotatable bonds is 4. The molecule has 7 heteroatoms. The molecule has 0 aromatic rings. The van der Waals surface area contributed by atoms with Crippen molar-refractivity contribution in [3.05, 3.63) is 12.2 Å². The fraction of sp³-hybridized carbons (Fsp3) is 0.571. The van der Waals surface area contributed by atoms with Crippen molar-refractivity contribution in [1.29, 1.82) is 0 Å². The second-order valence-electron chi connectivity index (χ2n) is 4.78. The number of cyclic esters (lactones) is 4. The fourth-order valence-corrected chi connectivity index (χ4v) is 1.70. The van der Waals surface area contributed by atoms with Gasteiger partial charge in [0, 0.05) is 6.42 Å². The molecule has 1 aliphatic rings. The van der Waals surface area contributed by atoms with Gasteiger partial charge in [0.2, 0.25) is 0 Å². The molecule has 0 aromatic heterocycles. The second-order valence-corrected chi connectivity index (χ2v) is 4.78. The maximum absolute atomic E-state index is 11.8. The van der Waals surface area contributed by atoms with Gasteiger partial charge in [-0.25, -0.2) is 4.79 Å². The maximum Gasteiger partial charge on any atom is 0.346 e. The van der Waals surface area contributed by atoms with Crippen LogP contribution in [0.3, 0.4) is 0 Å². The molecule has 0 spiro atoms. The first-order valence-electron chi connectivity index (χ1n) is 6.73. The molecule has 0 aliphatic carbocycles. The number of hydrogen-bond donors (Lipinski definition) is 1. The summed E-state index contributed by atoms with van der Waals surface area (Å²) in [6, 6.07) is 0. The molecule has 1 saturated heterocycles. The average Bonchev–Trinajstić information content (AvgIpc) is 2.40. The van der Waals surface area contributed by atoms with E-state index in [4.69, 9.17) is 0 Å². The molecule has 1 rings (SSSR count). The molecule has 116 valence electrons. The summed E-state index contributed by atoms with van der Waals surface area (Å²) < 4.78 is 8.90. The van der Waals surface area contributed by atoms with Gasteiger partial charge in [0.25, 0.3) is 0 Å². The van der Waals surface area contributed by atoms with Crippen LogP contribution in [0.5, 0.6) is 0 Å². The van der Waals surface area contributed by atoms with Gasteiger partial charge < -0.3 is 14.6 Å². The lowest BCUT2D eigenvalue weighted by atomic mass is 9.95. The summed E-state index contributed by atoms with van der Waals surface area (Å²) in [6.45, 7) is 1.96. The number of hydrogen-bond acceptors (Lipinski definition) is 7. The van der Waals surface area contributed by atoms with Gasteiger partial charge in [-0.1, -0.05) is 25.5 Å². The Hall–Kier alpha value is -2.02. The highest BCUT2D eigenvalue weighted by atomic mass is 16.6. The number of allylic oxidation sites excluding steroid dienone is 1. The Bertz CT molecular complexity index is 466. The van der Waals surface area contributed by atoms with E-state index in [0.717, 1.165) is 12.8 Å². The van der Waals surface area contributed by atoms with Crippen LogP contribution >= 0.6 is 0 Å². The van der Waals surface area contributed by atoms with Gasteiger partial charge >= 0.3 is 23.9 Å². The molecule has 0 radical (unpaired) electrons. The standard InChI is InChI=1S/C14H18O7/c1-2-3-4-5-8-14(19)9-12(17)20-10(15)6-7-11(16)21-13(14)18/h4-5,19H,2-3,6-9H2,1H3/b5-4+. The van der Waals surface area contributed by atoms with Crippen molar-refractivity contribution in [2.45, 2.75) is 51.0 Å². The molecule has 0 bridgehead atoms. The Morgan fingerprint density at radius 3 is 2.29 bits per heavy atom. The Kier molecular flexibility index (Phi) is 6.23. The lowest BCUT2D eigenvalue weighted by Gasteiger charge is -2.23. The summed E-state index contributed by atoms with van der Waals surface area (Å²) in [5, 5.41) is 10.2. The minimum Gasteiger partial charge on any atom is -0.393 e. The number of carbonyl (C=O) groups is 4. The predicted octanol–water partition coefficient (Wildman–Crippen LogP) is 0.787. The largest absolute Gasteiger partial charge is 0.393 e. The van der Waals surface area contributed by atoms with E-state index in [0.29, 0.717) is 0 Å². The van der Waals surface area contributed by atoms with Gasteiger partial charge in [-0.2, -0.15) is 0 Å². The van der Waals surface area contributed by atoms with Crippen molar-refractivity contribution in [3.8, 4) is 0 Å². The molecule has 1 heterocycles. The van der Waals surface area contributed by atoms with Crippen LogP contribution in [0.15, 0.2) is 12.2 Å². The summed E-state index contributed by atoms with van der Waals surface area (Å²) in [6.07, 6.45) is 3.19. The summed E-state index contributed by atoms with van der Waals surface area (Å²) in [5.41, 5.74) is -2.21. The van der Waals surface area contributed by atoms with E-state index in [1.807, 2.05) is 6.92 Å². The molecule has 21 heavy (non-hydrogen) atoms. The van der Waals surface area contributed by atoms with Crippen LogP contribution in [0.2, 0.25) is 0 Å². The van der Waals surface area contributed by atoms with Crippen molar-refractivity contribution in [3.63, 3.8) is 0 Å². The summed E-state index contributed by atoms with van der Waals surface area (Å²) in [4.78, 5) is 45.9. The van der Waals surface area contributed by atoms with Gasteiger partial charge in [0.15, 0.2) is 5.60 Å². The van der Waals surface area contributed by atoms with Gasteiger partial charge in [-0.3, -0.25) is 14.4 Å². The van der Waals surface area contributed by atoms with Gasteiger partial charge in [-0.05, 0) is 6.42 Å². The number of ether oxygens (including phenoxy) is 2. The second kappa shape index (κ2) is 7.68. The quantitative estimate of drug-likeness (QED) is 0.464. The molecule has 0 saturated carbocycles. The molecular formula is C14H18O7. The Balaban J connectivity index is 2.88. The molecule has 1 atom stereocenters. The molecule has 1 N–H and O–H groups in total. The van der Waals surface area contributed by atoms with Gasteiger partial charge in [-0.15, -0.1) is 0 Å². The Labute approximate surface area is 121 Å². The van der Waals surface area contributed by atoms with E-state index >= 15 is 0 Å². The minimum atomic E-state index is -2.21. The summed E-state index contributed by atoms with van der Waals surface area (Å²) in [7, 11) is 0. The molecular weight excluding hydrogens is 280 g/mol. The smallest absolute Gasteiger partial charge is 0.346 e. The first-order chi connectivity index (χ1) is 9.87. The molecule has 7 nitrogen and oxygen atoms in total. The number of aliphatic hydroxyl groups is 1. The fourth-order valence-electron chi connectivity index (χ4n) is 1.70. The lowest BCUT2D eigenvalue weighted by molar-refractivity contribution is -0.182. The number of esters is 4. The third-order valence-electron chi connectivity index (χ3n) is 2.86. The van der Waals surface area contributed by atoms with Crippen LogP contribution in [0.1, 0.15) is 45.4 Å². The van der Waals surface area contributed by atoms with Crippen molar-refractivity contribution < 1.29 is 33.8 Å². The normalized spacial score (nSPS) is 24.9. The lowest BCUT2D eigenvalue weighted by Crippen LogP contribution is -2.44. The SMILES string of the molecule is CCC/C=C/CC1(O)CC(=O)OC(=O)CCC(=O)OC1=O. The maximum atomic E-state index is 11.8. The number of carbonyl (C=O) groups excluding carboxylic acids is 4. The van der Waals surface area contributed by atoms with Crippen molar-refractivity contribution in [2.24, 2.45) is 0 Å². The summed E-state index contributed by atoms with van der Waals surface area (Å²) in [5.74, 6) is -4.07. The highest BCUT2D eigenvalue weighted by Gasteiger charge is 2.42. The third kappa shape index (κ3) is 5.47. The van der Waals surface area contributed by atoms with Crippen LogP contribution in [-0.2, 0) is 28.7 Å². The van der Waals surface area contributed by atoms with Gasteiger partial charge in [0.1, 0.15) is 0 Å². The number of unbranched alkanes of at least 4 members (excludes halogenated alkanes) is 1. The van der Waals surface area contributed by atoms with Crippen molar-refractivity contribution in [2.75, 3.05) is 0 Å². The zero-order valence-corrected chi connectivity index (χ0v) is 11.8. The van der Waals surface area contributed by atoms with Crippen LogP contribution in [0, 0.1) is 0 Å². The monoisotopic (exact) mass is 298 g/mol. The van der Waals surface area contributed by atoms with Crippen LogP contribution in [-0.4, -0.2) is 34.6 Å². The first-order valence-corrected chi connectivity index (χ1v) is 6.73. The van der Waals surface area contributed by atoms with E-state index < -0.39 is 35.9 Å². The average molecular weight is 298 g/mol. The van der Waals surface area contributed by atoms with E-state index in [2.05, 4.69) is 9.47 Å². The predicted molar refractivity (Wildman–Crippen MR) is 69.7 cm³/mol. The molecule has 0 amide bonds.